The SMILES string of the molecule is O=C(NC1CCCc2occc21)OCc1ccc(Cl)cc1. The highest BCUT2D eigenvalue weighted by Gasteiger charge is 2.24. The van der Waals surface area contributed by atoms with Gasteiger partial charge in [-0.05, 0) is 36.6 Å². The zero-order valence-corrected chi connectivity index (χ0v) is 12.2. The number of ether oxygens (including phenoxy) is 1. The summed E-state index contributed by atoms with van der Waals surface area (Å²) < 4.78 is 10.6. The van der Waals surface area contributed by atoms with Gasteiger partial charge in [0.2, 0.25) is 0 Å². The lowest BCUT2D eigenvalue weighted by atomic mass is 9.94. The van der Waals surface area contributed by atoms with Crippen LogP contribution in [0.2, 0.25) is 5.02 Å². The zero-order valence-electron chi connectivity index (χ0n) is 11.5. The van der Waals surface area contributed by atoms with Gasteiger partial charge in [-0.15, -0.1) is 0 Å². The first-order valence-electron chi connectivity index (χ1n) is 6.96. The minimum Gasteiger partial charge on any atom is -0.469 e. The fourth-order valence-corrected chi connectivity index (χ4v) is 2.68. The van der Waals surface area contributed by atoms with Crippen LogP contribution in [0.5, 0.6) is 0 Å². The highest BCUT2D eigenvalue weighted by atomic mass is 35.5. The maximum Gasteiger partial charge on any atom is 0.407 e. The average Bonchev–Trinajstić information content (AvgIpc) is 2.96. The second kappa shape index (κ2) is 6.22. The number of aryl methyl sites for hydroxylation is 1. The molecule has 4 nitrogen and oxygen atoms in total. The van der Waals surface area contributed by atoms with Gasteiger partial charge >= 0.3 is 6.09 Å². The number of amides is 1. The smallest absolute Gasteiger partial charge is 0.407 e. The Morgan fingerprint density at radius 2 is 2.14 bits per heavy atom. The van der Waals surface area contributed by atoms with Crippen LogP contribution in [0.4, 0.5) is 4.79 Å². The van der Waals surface area contributed by atoms with Crippen LogP contribution in [0.25, 0.3) is 0 Å². The summed E-state index contributed by atoms with van der Waals surface area (Å²) in [5.41, 5.74) is 1.96. The van der Waals surface area contributed by atoms with Crippen molar-refractivity contribution >= 4 is 17.7 Å². The molecule has 0 fully saturated rings. The van der Waals surface area contributed by atoms with Crippen LogP contribution < -0.4 is 5.32 Å². The number of fused-ring (bicyclic) bond motifs is 1. The summed E-state index contributed by atoms with van der Waals surface area (Å²) in [6, 6.07) is 9.12. The average molecular weight is 306 g/mol. The van der Waals surface area contributed by atoms with Crippen LogP contribution in [0.3, 0.4) is 0 Å². The van der Waals surface area contributed by atoms with Crippen molar-refractivity contribution in [2.75, 3.05) is 0 Å². The molecule has 1 aliphatic rings. The van der Waals surface area contributed by atoms with Gasteiger partial charge in [0.25, 0.3) is 0 Å². The maximum absolute atomic E-state index is 11.9. The summed E-state index contributed by atoms with van der Waals surface area (Å²) in [6.45, 7) is 0.230. The molecule has 0 bridgehead atoms. The Balaban J connectivity index is 1.54. The molecule has 0 radical (unpaired) electrons. The summed E-state index contributed by atoms with van der Waals surface area (Å²) in [4.78, 5) is 11.9. The largest absolute Gasteiger partial charge is 0.469 e. The van der Waals surface area contributed by atoms with E-state index in [1.54, 1.807) is 18.4 Å². The molecule has 1 unspecified atom stereocenters. The molecule has 110 valence electrons. The Hall–Kier alpha value is -1.94. The van der Waals surface area contributed by atoms with Crippen LogP contribution in [0, 0.1) is 0 Å². The predicted molar refractivity (Wildman–Crippen MR) is 79.2 cm³/mol. The molecule has 21 heavy (non-hydrogen) atoms. The molecule has 0 saturated heterocycles. The van der Waals surface area contributed by atoms with Gasteiger partial charge < -0.3 is 14.5 Å². The molecule has 3 rings (SSSR count). The van der Waals surface area contributed by atoms with E-state index in [2.05, 4.69) is 5.32 Å². The Labute approximate surface area is 128 Å². The highest BCUT2D eigenvalue weighted by molar-refractivity contribution is 6.30. The molecule has 2 aromatic rings. The van der Waals surface area contributed by atoms with Crippen LogP contribution in [0.15, 0.2) is 41.0 Å². The molecule has 1 N–H and O–H groups in total. The Morgan fingerprint density at radius 1 is 1.33 bits per heavy atom. The molecule has 1 aromatic carbocycles. The third kappa shape index (κ3) is 3.39. The molecular weight excluding hydrogens is 290 g/mol. The number of carbonyl (C=O) groups excluding carboxylic acids is 1. The fourth-order valence-electron chi connectivity index (χ4n) is 2.55. The maximum atomic E-state index is 11.9. The second-order valence-corrected chi connectivity index (χ2v) is 5.53. The van der Waals surface area contributed by atoms with E-state index in [4.69, 9.17) is 20.8 Å². The number of benzene rings is 1. The van der Waals surface area contributed by atoms with E-state index < -0.39 is 6.09 Å². The van der Waals surface area contributed by atoms with Gasteiger partial charge in [0.05, 0.1) is 12.3 Å². The van der Waals surface area contributed by atoms with E-state index in [-0.39, 0.29) is 12.6 Å². The number of furan rings is 1. The topological polar surface area (TPSA) is 51.5 Å². The summed E-state index contributed by atoms with van der Waals surface area (Å²) in [6.07, 6.45) is 4.10. The number of carbonyl (C=O) groups is 1. The monoisotopic (exact) mass is 305 g/mol. The quantitative estimate of drug-likeness (QED) is 0.923. The zero-order chi connectivity index (χ0) is 14.7. The second-order valence-electron chi connectivity index (χ2n) is 5.09. The van der Waals surface area contributed by atoms with E-state index in [9.17, 15) is 4.79 Å². The lowest BCUT2D eigenvalue weighted by Gasteiger charge is -2.22. The van der Waals surface area contributed by atoms with Crippen molar-refractivity contribution in [3.8, 4) is 0 Å². The van der Waals surface area contributed by atoms with Crippen molar-refractivity contribution in [2.24, 2.45) is 0 Å². The molecule has 0 aliphatic heterocycles. The van der Waals surface area contributed by atoms with Crippen molar-refractivity contribution in [3.05, 3.63) is 58.5 Å². The summed E-state index contributed by atoms with van der Waals surface area (Å²) in [7, 11) is 0. The first-order valence-corrected chi connectivity index (χ1v) is 7.34. The molecule has 0 saturated carbocycles. The van der Waals surface area contributed by atoms with Gasteiger partial charge in [0.1, 0.15) is 12.4 Å². The molecule has 1 heterocycles. The first kappa shape index (κ1) is 14.0. The van der Waals surface area contributed by atoms with Crippen LogP contribution in [0.1, 0.15) is 35.8 Å². The number of halogens is 1. The summed E-state index contributed by atoms with van der Waals surface area (Å²) >= 11 is 5.81. The van der Waals surface area contributed by atoms with Gasteiger partial charge in [0, 0.05) is 17.0 Å². The van der Waals surface area contributed by atoms with Gasteiger partial charge in [-0.25, -0.2) is 4.79 Å². The van der Waals surface area contributed by atoms with Gasteiger partial charge in [-0.1, -0.05) is 23.7 Å². The summed E-state index contributed by atoms with van der Waals surface area (Å²) in [5, 5.41) is 3.56. The molecule has 1 aromatic heterocycles. The normalized spacial score (nSPS) is 17.1. The molecule has 5 heteroatoms. The lowest BCUT2D eigenvalue weighted by molar-refractivity contribution is 0.134. The van der Waals surface area contributed by atoms with E-state index >= 15 is 0 Å². The van der Waals surface area contributed by atoms with Gasteiger partial charge in [0.15, 0.2) is 0 Å². The highest BCUT2D eigenvalue weighted by Crippen LogP contribution is 2.30. The molecule has 1 amide bonds. The standard InChI is InChI=1S/C16H16ClNO3/c17-12-6-4-11(5-7-12)10-21-16(19)18-14-2-1-3-15-13(14)8-9-20-15/h4-9,14H,1-3,10H2,(H,18,19). The number of nitrogens with one attached hydrogen (secondary N) is 1. The predicted octanol–water partition coefficient (Wildman–Crippen LogP) is 4.24. The lowest BCUT2D eigenvalue weighted by Crippen LogP contribution is -2.30. The number of alkyl carbamates (subject to hydrolysis) is 1. The Bertz CT molecular complexity index is 621. The molecule has 0 spiro atoms. The van der Waals surface area contributed by atoms with Crippen molar-refractivity contribution < 1.29 is 13.9 Å². The summed E-state index contributed by atoms with van der Waals surface area (Å²) in [5.74, 6) is 0.962. The molecule has 1 aliphatic carbocycles. The van der Waals surface area contributed by atoms with E-state index in [0.717, 1.165) is 36.1 Å². The Morgan fingerprint density at radius 3 is 2.95 bits per heavy atom. The Kier molecular flexibility index (Phi) is 4.15. The molecular formula is C16H16ClNO3. The van der Waals surface area contributed by atoms with Crippen molar-refractivity contribution in [2.45, 2.75) is 31.9 Å². The minimum atomic E-state index is -0.413. The minimum absolute atomic E-state index is 0.0229. The number of hydrogen-bond donors (Lipinski definition) is 1. The third-order valence-corrected chi connectivity index (χ3v) is 3.88. The van der Waals surface area contributed by atoms with E-state index in [1.165, 1.54) is 0 Å². The number of rotatable bonds is 3. The van der Waals surface area contributed by atoms with Crippen molar-refractivity contribution in [1.82, 2.24) is 5.32 Å². The van der Waals surface area contributed by atoms with E-state index in [0.29, 0.717) is 5.02 Å². The van der Waals surface area contributed by atoms with Crippen LogP contribution in [-0.2, 0) is 17.8 Å². The third-order valence-electron chi connectivity index (χ3n) is 3.63. The van der Waals surface area contributed by atoms with Crippen LogP contribution >= 0.6 is 11.6 Å². The number of hydrogen-bond acceptors (Lipinski definition) is 3. The van der Waals surface area contributed by atoms with Gasteiger partial charge in [-0.2, -0.15) is 0 Å². The van der Waals surface area contributed by atoms with Crippen LogP contribution in [-0.4, -0.2) is 6.09 Å². The molecule has 1 atom stereocenters. The van der Waals surface area contributed by atoms with Crippen molar-refractivity contribution in [3.63, 3.8) is 0 Å². The fraction of sp³-hybridized carbons (Fsp3) is 0.312. The van der Waals surface area contributed by atoms with Crippen molar-refractivity contribution in [1.29, 1.82) is 0 Å². The van der Waals surface area contributed by atoms with E-state index in [1.807, 2.05) is 18.2 Å². The van der Waals surface area contributed by atoms with Gasteiger partial charge in [-0.3, -0.25) is 0 Å². The first-order chi connectivity index (χ1) is 10.2.